The van der Waals surface area contributed by atoms with Gasteiger partial charge in [-0.15, -0.1) is 0 Å². The maximum Gasteiger partial charge on any atom is 0.336 e. The normalized spacial score (nSPS) is 15.1. The van der Waals surface area contributed by atoms with Crippen molar-refractivity contribution in [3.8, 4) is 0 Å². The Morgan fingerprint density at radius 2 is 1.50 bits per heavy atom. The van der Waals surface area contributed by atoms with Crippen molar-refractivity contribution in [1.82, 2.24) is 0 Å². The predicted molar refractivity (Wildman–Crippen MR) is 57.7 cm³/mol. The van der Waals surface area contributed by atoms with E-state index in [1.54, 1.807) is 0 Å². The van der Waals surface area contributed by atoms with E-state index in [1.807, 2.05) is 0 Å². The molecule has 8 heteroatoms. The highest BCUT2D eigenvalue weighted by Crippen LogP contribution is 2.27. The molecule has 0 spiro atoms. The summed E-state index contributed by atoms with van der Waals surface area (Å²) in [6.45, 7) is 3.06. The fourth-order valence-electron chi connectivity index (χ4n) is 1.43. The second kappa shape index (κ2) is 6.64. The maximum atomic E-state index is 10.9. The average molecular weight is 266 g/mol. The monoisotopic (exact) mass is 266 g/mol. The minimum absolute atomic E-state index is 0.000724. The second-order valence-corrected chi connectivity index (χ2v) is 3.66. The third-order valence-corrected chi connectivity index (χ3v) is 2.10. The van der Waals surface area contributed by atoms with Crippen LogP contribution in [0.15, 0.2) is 0 Å². The van der Waals surface area contributed by atoms with Gasteiger partial charge in [-0.25, -0.2) is 4.79 Å². The van der Waals surface area contributed by atoms with Crippen molar-refractivity contribution < 1.29 is 39.5 Å². The summed E-state index contributed by atoms with van der Waals surface area (Å²) in [5, 5.41) is 37.0. The van der Waals surface area contributed by atoms with Gasteiger partial charge < -0.3 is 29.9 Å². The summed E-state index contributed by atoms with van der Waals surface area (Å²) < 4.78 is 9.63. The number of carbonyl (C=O) groups is 2. The lowest BCUT2D eigenvalue weighted by atomic mass is 9.94. The van der Waals surface area contributed by atoms with Crippen LogP contribution in [0.4, 0.5) is 0 Å². The van der Waals surface area contributed by atoms with Crippen molar-refractivity contribution in [1.29, 1.82) is 0 Å². The van der Waals surface area contributed by atoms with Gasteiger partial charge in [0.05, 0.1) is 12.8 Å². The van der Waals surface area contributed by atoms with Gasteiger partial charge in [0.1, 0.15) is 0 Å². The summed E-state index contributed by atoms with van der Waals surface area (Å²) in [6, 6.07) is 0. The number of rotatable bonds is 9. The smallest absolute Gasteiger partial charge is 0.336 e. The first-order chi connectivity index (χ1) is 8.19. The van der Waals surface area contributed by atoms with Crippen molar-refractivity contribution in [3.63, 3.8) is 0 Å². The lowest BCUT2D eigenvalue weighted by Crippen LogP contribution is -2.50. The van der Waals surface area contributed by atoms with Crippen molar-refractivity contribution in [2.45, 2.75) is 38.3 Å². The number of carboxylic acid groups (broad SMARTS) is 2. The summed E-state index contributed by atoms with van der Waals surface area (Å²) >= 11 is 0. The molecule has 0 radical (unpaired) electrons. The van der Waals surface area contributed by atoms with Gasteiger partial charge in [-0.1, -0.05) is 0 Å². The molecule has 0 fully saturated rings. The number of aliphatic carboxylic acids is 2. The lowest BCUT2D eigenvalue weighted by molar-refractivity contribution is -0.371. The number of hydrogen-bond donors (Lipinski definition) is 4. The van der Waals surface area contributed by atoms with Crippen LogP contribution in [0.2, 0.25) is 0 Å². The number of hydrogen-bond acceptors (Lipinski definition) is 6. The zero-order valence-corrected chi connectivity index (χ0v) is 10.3. The molecular formula is C10H18O8. The van der Waals surface area contributed by atoms with Crippen molar-refractivity contribution in [3.05, 3.63) is 0 Å². The van der Waals surface area contributed by atoms with Crippen LogP contribution < -0.4 is 0 Å². The number of aliphatic hydroxyl groups is 2. The molecule has 0 aromatic rings. The Hall–Kier alpha value is -1.22. The summed E-state index contributed by atoms with van der Waals surface area (Å²) in [5.74, 6) is -5.63. The molecule has 106 valence electrons. The van der Waals surface area contributed by atoms with Crippen molar-refractivity contribution >= 4 is 11.9 Å². The van der Waals surface area contributed by atoms with Crippen LogP contribution in [0.25, 0.3) is 0 Å². The molecule has 0 heterocycles. The molecule has 18 heavy (non-hydrogen) atoms. The van der Waals surface area contributed by atoms with E-state index in [2.05, 4.69) is 0 Å². The summed E-state index contributed by atoms with van der Waals surface area (Å²) in [5.41, 5.74) is -2.68. The number of carboxylic acids is 2. The van der Waals surface area contributed by atoms with Crippen LogP contribution in [0, 0.1) is 0 Å². The zero-order valence-electron chi connectivity index (χ0n) is 10.3. The fraction of sp³-hybridized carbons (Fsp3) is 0.800. The Morgan fingerprint density at radius 3 is 1.78 bits per heavy atom. The maximum absolute atomic E-state index is 10.9. The second-order valence-electron chi connectivity index (χ2n) is 3.66. The Labute approximate surface area is 104 Å². The van der Waals surface area contributed by atoms with Gasteiger partial charge in [-0.2, -0.15) is 0 Å². The van der Waals surface area contributed by atoms with Gasteiger partial charge >= 0.3 is 11.9 Å². The predicted octanol–water partition coefficient (Wildman–Crippen LogP) is -0.614. The zero-order chi connectivity index (χ0) is 14.4. The molecule has 4 N–H and O–H groups in total. The largest absolute Gasteiger partial charge is 0.481 e. The van der Waals surface area contributed by atoms with E-state index in [4.69, 9.17) is 19.7 Å². The van der Waals surface area contributed by atoms with E-state index < -0.39 is 36.4 Å². The highest BCUT2D eigenvalue weighted by Gasteiger charge is 2.47. The van der Waals surface area contributed by atoms with E-state index in [9.17, 15) is 19.8 Å². The minimum Gasteiger partial charge on any atom is -0.481 e. The summed E-state index contributed by atoms with van der Waals surface area (Å²) in [7, 11) is 0. The Bertz CT molecular complexity index is 296. The van der Waals surface area contributed by atoms with Gasteiger partial charge in [0.2, 0.25) is 0 Å². The van der Waals surface area contributed by atoms with Crippen LogP contribution in [0.5, 0.6) is 0 Å². The third-order valence-electron chi connectivity index (χ3n) is 2.10. The third kappa shape index (κ3) is 4.96. The van der Waals surface area contributed by atoms with Crippen LogP contribution in [0.3, 0.4) is 0 Å². The Kier molecular flexibility index (Phi) is 6.19. The molecule has 1 atom stereocenters. The fourth-order valence-corrected chi connectivity index (χ4v) is 1.43. The van der Waals surface area contributed by atoms with Crippen LogP contribution in [-0.4, -0.2) is 57.2 Å². The van der Waals surface area contributed by atoms with Gasteiger partial charge in [0.25, 0.3) is 5.97 Å². The molecule has 0 amide bonds. The molecular weight excluding hydrogens is 248 g/mol. The average Bonchev–Trinajstić information content (AvgIpc) is 2.15. The van der Waals surface area contributed by atoms with E-state index in [1.165, 1.54) is 13.8 Å². The molecule has 0 saturated carbocycles. The summed E-state index contributed by atoms with van der Waals surface area (Å²) in [4.78, 5) is 21.4. The first kappa shape index (κ1) is 16.8. The summed E-state index contributed by atoms with van der Waals surface area (Å²) in [6.07, 6.45) is -1.99. The van der Waals surface area contributed by atoms with Crippen molar-refractivity contribution in [2.75, 3.05) is 13.2 Å². The van der Waals surface area contributed by atoms with Crippen LogP contribution in [0.1, 0.15) is 26.7 Å². The molecule has 8 nitrogen and oxygen atoms in total. The first-order valence-corrected chi connectivity index (χ1v) is 5.37. The Balaban J connectivity index is 5.03. The quantitative estimate of drug-likeness (QED) is 0.406. The molecule has 0 bridgehead atoms. The SMILES string of the molecule is CCOC(O)(CC(O)(CC(=O)O)C(=O)O)OCC. The molecule has 0 aromatic carbocycles. The van der Waals surface area contributed by atoms with Crippen LogP contribution in [-0.2, 0) is 19.1 Å². The molecule has 0 aliphatic heterocycles. The van der Waals surface area contributed by atoms with Gasteiger partial charge in [-0.3, -0.25) is 4.79 Å². The van der Waals surface area contributed by atoms with E-state index in [-0.39, 0.29) is 13.2 Å². The molecule has 1 unspecified atom stereocenters. The topological polar surface area (TPSA) is 134 Å². The van der Waals surface area contributed by atoms with Crippen LogP contribution >= 0.6 is 0 Å². The molecule has 0 rings (SSSR count). The highest BCUT2D eigenvalue weighted by atomic mass is 16.8. The molecule has 0 saturated heterocycles. The van der Waals surface area contributed by atoms with E-state index in [0.29, 0.717) is 0 Å². The molecule has 0 aliphatic carbocycles. The Morgan fingerprint density at radius 1 is 1.06 bits per heavy atom. The first-order valence-electron chi connectivity index (χ1n) is 5.37. The standard InChI is InChI=1S/C10H18O8/c1-3-17-10(16,18-4-2)6-9(15,8(13)14)5-7(11)12/h15-16H,3-6H2,1-2H3,(H,11,12)(H,13,14). The van der Waals surface area contributed by atoms with Gasteiger partial charge in [0.15, 0.2) is 5.60 Å². The molecule has 0 aliphatic rings. The van der Waals surface area contributed by atoms with E-state index >= 15 is 0 Å². The van der Waals surface area contributed by atoms with Gasteiger partial charge in [0, 0.05) is 13.2 Å². The minimum atomic E-state index is -2.68. The van der Waals surface area contributed by atoms with Crippen molar-refractivity contribution in [2.24, 2.45) is 0 Å². The lowest BCUT2D eigenvalue weighted by Gasteiger charge is -2.33. The number of ether oxygens (including phenoxy) is 2. The highest BCUT2D eigenvalue weighted by molar-refractivity contribution is 5.83. The van der Waals surface area contributed by atoms with E-state index in [0.717, 1.165) is 0 Å². The molecule has 0 aromatic heterocycles. The van der Waals surface area contributed by atoms with Gasteiger partial charge in [-0.05, 0) is 13.8 Å².